The van der Waals surface area contributed by atoms with Crippen LogP contribution in [-0.2, 0) is 0 Å². The lowest BCUT2D eigenvalue weighted by atomic mass is 10.2. The molecule has 0 saturated heterocycles. The lowest BCUT2D eigenvalue weighted by Crippen LogP contribution is -1.95. The predicted octanol–water partition coefficient (Wildman–Crippen LogP) is 3.95. The van der Waals surface area contributed by atoms with E-state index in [0.717, 1.165) is 17.1 Å². The fraction of sp³-hybridized carbons (Fsp3) is 0.188. The number of aliphatic imine (C=N–C) groups is 1. The molecular weight excluding hydrogens is 222 g/mol. The van der Waals surface area contributed by atoms with E-state index in [2.05, 4.69) is 10.9 Å². The molecule has 0 radical (unpaired) electrons. The Morgan fingerprint density at radius 2 is 1.94 bits per heavy atom. The lowest BCUT2D eigenvalue weighted by Gasteiger charge is -2.06. The molecule has 0 aromatic heterocycles. The van der Waals surface area contributed by atoms with Crippen LogP contribution in [0.1, 0.15) is 25.8 Å². The van der Waals surface area contributed by atoms with Crippen LogP contribution in [0.15, 0.2) is 53.4 Å². The number of hydrogen-bond acceptors (Lipinski definition) is 2. The SMILES string of the molecule is C#Cc1ccc(OC2=CC=CN=CC2)cc1.CC. The first kappa shape index (κ1) is 13.8. The molecule has 0 saturated carbocycles. The minimum absolute atomic E-state index is 0.698. The van der Waals surface area contributed by atoms with E-state index in [0.29, 0.717) is 6.42 Å². The smallest absolute Gasteiger partial charge is 0.127 e. The van der Waals surface area contributed by atoms with Gasteiger partial charge in [-0.3, -0.25) is 4.99 Å². The highest BCUT2D eigenvalue weighted by Gasteiger charge is 2.00. The van der Waals surface area contributed by atoms with Crippen LogP contribution in [0.25, 0.3) is 0 Å². The summed E-state index contributed by atoms with van der Waals surface area (Å²) in [5, 5.41) is 0. The van der Waals surface area contributed by atoms with Crippen LogP contribution in [0.2, 0.25) is 0 Å². The van der Waals surface area contributed by atoms with E-state index in [9.17, 15) is 0 Å². The van der Waals surface area contributed by atoms with E-state index in [1.54, 1.807) is 6.20 Å². The van der Waals surface area contributed by atoms with Crippen LogP contribution in [0, 0.1) is 12.3 Å². The molecule has 0 atom stereocenters. The summed E-state index contributed by atoms with van der Waals surface area (Å²) >= 11 is 0. The van der Waals surface area contributed by atoms with Crippen molar-refractivity contribution in [2.75, 3.05) is 0 Å². The van der Waals surface area contributed by atoms with Gasteiger partial charge in [-0.15, -0.1) is 6.42 Å². The van der Waals surface area contributed by atoms with Crippen molar-refractivity contribution in [3.63, 3.8) is 0 Å². The number of terminal acetylenes is 1. The van der Waals surface area contributed by atoms with E-state index in [1.165, 1.54) is 0 Å². The van der Waals surface area contributed by atoms with Gasteiger partial charge >= 0.3 is 0 Å². The largest absolute Gasteiger partial charge is 0.461 e. The van der Waals surface area contributed by atoms with Crippen molar-refractivity contribution in [1.82, 2.24) is 0 Å². The summed E-state index contributed by atoms with van der Waals surface area (Å²) in [4.78, 5) is 4.03. The maximum absolute atomic E-state index is 5.68. The molecule has 1 aliphatic rings. The molecule has 0 N–H and O–H groups in total. The molecule has 2 nitrogen and oxygen atoms in total. The summed E-state index contributed by atoms with van der Waals surface area (Å²) in [6, 6.07) is 7.44. The number of nitrogens with zero attached hydrogens (tertiary/aromatic N) is 1. The highest BCUT2D eigenvalue weighted by Crippen LogP contribution is 2.16. The van der Waals surface area contributed by atoms with Crippen molar-refractivity contribution < 1.29 is 4.74 Å². The zero-order chi connectivity index (χ0) is 13.2. The minimum Gasteiger partial charge on any atom is -0.461 e. The Kier molecular flexibility index (Phi) is 6.07. The Morgan fingerprint density at radius 3 is 2.61 bits per heavy atom. The Hall–Kier alpha value is -2.27. The van der Waals surface area contributed by atoms with Gasteiger partial charge in [-0.25, -0.2) is 0 Å². The van der Waals surface area contributed by atoms with Crippen molar-refractivity contribution in [3.8, 4) is 18.1 Å². The van der Waals surface area contributed by atoms with Crippen molar-refractivity contribution >= 4 is 6.21 Å². The van der Waals surface area contributed by atoms with E-state index in [1.807, 2.05) is 56.5 Å². The summed E-state index contributed by atoms with van der Waals surface area (Å²) in [6.45, 7) is 4.00. The zero-order valence-corrected chi connectivity index (χ0v) is 10.8. The molecule has 2 rings (SSSR count). The second kappa shape index (κ2) is 7.92. The van der Waals surface area contributed by atoms with Gasteiger partial charge in [0.25, 0.3) is 0 Å². The van der Waals surface area contributed by atoms with Crippen molar-refractivity contribution in [2.24, 2.45) is 4.99 Å². The maximum Gasteiger partial charge on any atom is 0.127 e. The molecule has 18 heavy (non-hydrogen) atoms. The predicted molar refractivity (Wildman–Crippen MR) is 76.7 cm³/mol. The average molecular weight is 239 g/mol. The summed E-state index contributed by atoms with van der Waals surface area (Å²) in [7, 11) is 0. The lowest BCUT2D eigenvalue weighted by molar-refractivity contribution is 0.420. The van der Waals surface area contributed by atoms with E-state index in [-0.39, 0.29) is 0 Å². The Morgan fingerprint density at radius 1 is 1.22 bits per heavy atom. The Labute approximate surface area is 109 Å². The fourth-order valence-corrected chi connectivity index (χ4v) is 1.32. The summed E-state index contributed by atoms with van der Waals surface area (Å²) in [5.74, 6) is 4.22. The minimum atomic E-state index is 0.698. The Bertz CT molecular complexity index is 487. The van der Waals surface area contributed by atoms with Crippen LogP contribution in [-0.4, -0.2) is 6.21 Å². The monoisotopic (exact) mass is 239 g/mol. The molecule has 0 fully saturated rings. The highest BCUT2D eigenvalue weighted by atomic mass is 16.5. The third kappa shape index (κ3) is 4.31. The first-order valence-electron chi connectivity index (χ1n) is 6.00. The standard InChI is InChI=1S/C14H11NO.C2H6/c1-2-12-5-7-14(8-6-12)16-13-4-3-10-15-11-9-13;1-2/h1,3-8,10-11H,9H2;1-2H3. The van der Waals surface area contributed by atoms with E-state index < -0.39 is 0 Å². The van der Waals surface area contributed by atoms with Crippen molar-refractivity contribution in [3.05, 3.63) is 53.9 Å². The van der Waals surface area contributed by atoms with Crippen LogP contribution in [0.4, 0.5) is 0 Å². The van der Waals surface area contributed by atoms with Crippen molar-refractivity contribution in [2.45, 2.75) is 20.3 Å². The molecule has 0 aliphatic carbocycles. The van der Waals surface area contributed by atoms with Gasteiger partial charge in [0.1, 0.15) is 11.5 Å². The number of ether oxygens (including phenoxy) is 1. The molecule has 1 aromatic rings. The molecule has 0 bridgehead atoms. The van der Waals surface area contributed by atoms with Gasteiger partial charge in [0.2, 0.25) is 0 Å². The molecule has 1 aromatic carbocycles. The third-order valence-electron chi connectivity index (χ3n) is 2.12. The highest BCUT2D eigenvalue weighted by molar-refractivity contribution is 5.62. The molecule has 1 aliphatic heterocycles. The topological polar surface area (TPSA) is 21.6 Å². The van der Waals surface area contributed by atoms with Crippen LogP contribution < -0.4 is 4.74 Å². The summed E-state index contributed by atoms with van der Waals surface area (Å²) < 4.78 is 5.68. The van der Waals surface area contributed by atoms with Crippen LogP contribution >= 0.6 is 0 Å². The summed E-state index contributed by atoms with van der Waals surface area (Å²) in [6.07, 6.45) is 13.3. The zero-order valence-electron chi connectivity index (χ0n) is 10.8. The second-order valence-corrected chi connectivity index (χ2v) is 3.28. The first-order chi connectivity index (χ1) is 8.88. The van der Waals surface area contributed by atoms with Gasteiger partial charge in [-0.05, 0) is 36.4 Å². The second-order valence-electron chi connectivity index (χ2n) is 3.28. The first-order valence-corrected chi connectivity index (χ1v) is 6.00. The van der Waals surface area contributed by atoms with Crippen molar-refractivity contribution in [1.29, 1.82) is 0 Å². The van der Waals surface area contributed by atoms with Gasteiger partial charge in [0.15, 0.2) is 0 Å². The molecule has 1 heterocycles. The fourth-order valence-electron chi connectivity index (χ4n) is 1.32. The van der Waals surface area contributed by atoms with Crippen LogP contribution in [0.3, 0.4) is 0 Å². The van der Waals surface area contributed by atoms with Gasteiger partial charge in [0, 0.05) is 24.4 Å². The number of allylic oxidation sites excluding steroid dienone is 3. The van der Waals surface area contributed by atoms with Crippen LogP contribution in [0.5, 0.6) is 5.75 Å². The van der Waals surface area contributed by atoms with Gasteiger partial charge in [-0.2, -0.15) is 0 Å². The maximum atomic E-state index is 5.68. The van der Waals surface area contributed by atoms with E-state index in [4.69, 9.17) is 11.2 Å². The normalized spacial score (nSPS) is 12.6. The molecule has 92 valence electrons. The number of hydrogen-bond donors (Lipinski definition) is 0. The quantitative estimate of drug-likeness (QED) is 0.716. The molecule has 2 heteroatoms. The third-order valence-corrected chi connectivity index (χ3v) is 2.12. The summed E-state index contributed by atoms with van der Waals surface area (Å²) in [5.41, 5.74) is 0.851. The van der Waals surface area contributed by atoms with Gasteiger partial charge in [-0.1, -0.05) is 19.8 Å². The van der Waals surface area contributed by atoms with E-state index >= 15 is 0 Å². The van der Waals surface area contributed by atoms with Gasteiger partial charge < -0.3 is 4.74 Å². The average Bonchev–Trinajstić information content (AvgIpc) is 2.71. The molecule has 0 amide bonds. The molecule has 0 spiro atoms. The molecule has 0 unspecified atom stereocenters. The molecular formula is C16H17NO. The van der Waals surface area contributed by atoms with Gasteiger partial charge in [0.05, 0.1) is 0 Å². The number of rotatable bonds is 2. The Balaban J connectivity index is 0.000000771. The number of benzene rings is 1.